The zero-order chi connectivity index (χ0) is 16.0. The Balaban J connectivity index is 3.15. The average molecular weight is 338 g/mol. The maximum atomic E-state index is 14.2. The molecule has 1 aromatic carbocycles. The molecule has 8 heteroatoms. The van der Waals surface area contributed by atoms with E-state index in [1.54, 1.807) is 6.26 Å². The molecule has 0 radical (unpaired) electrons. The molecule has 21 heavy (non-hydrogen) atoms. The van der Waals surface area contributed by atoms with Crippen LogP contribution in [0.4, 0.5) is 13.2 Å². The first-order valence-electron chi connectivity index (χ1n) is 5.88. The van der Waals surface area contributed by atoms with Gasteiger partial charge in [-0.3, -0.25) is 0 Å². The molecule has 0 aliphatic heterocycles. The number of halogens is 3. The third-order valence-corrected chi connectivity index (χ3v) is 3.46. The summed E-state index contributed by atoms with van der Waals surface area (Å²) in [6, 6.07) is 4.20. The summed E-state index contributed by atoms with van der Waals surface area (Å²) in [5.74, 6) is -6.26. The average Bonchev–Trinajstić information content (AvgIpc) is 2.45. The number of ether oxygens (including phenoxy) is 2. The van der Waals surface area contributed by atoms with Crippen LogP contribution < -0.4 is 0 Å². The summed E-state index contributed by atoms with van der Waals surface area (Å²) >= 11 is 5.70. The Labute approximate surface area is 129 Å². The van der Waals surface area contributed by atoms with Gasteiger partial charge in [-0.05, 0) is 43.1 Å². The van der Waals surface area contributed by atoms with Gasteiger partial charge >= 0.3 is 11.9 Å². The van der Waals surface area contributed by atoms with E-state index in [0.717, 1.165) is 36.0 Å². The van der Waals surface area contributed by atoms with Crippen LogP contribution >= 0.6 is 24.0 Å². The van der Waals surface area contributed by atoms with E-state index in [0.29, 0.717) is 0 Å². The van der Waals surface area contributed by atoms with Crippen molar-refractivity contribution < 1.29 is 27.4 Å². The number of esters is 1. The molecule has 0 aliphatic carbocycles. The van der Waals surface area contributed by atoms with Crippen molar-refractivity contribution in [3.63, 3.8) is 0 Å². The smallest absolute Gasteiger partial charge is 0.382 e. The van der Waals surface area contributed by atoms with Crippen LogP contribution in [0.3, 0.4) is 0 Å². The highest BCUT2D eigenvalue weighted by Gasteiger charge is 2.52. The van der Waals surface area contributed by atoms with Gasteiger partial charge in [0, 0.05) is 0 Å². The number of benzene rings is 1. The van der Waals surface area contributed by atoms with Crippen LogP contribution in [0.25, 0.3) is 0 Å². The second kappa shape index (κ2) is 7.65. The molecule has 0 fully saturated rings. The highest BCUT2D eigenvalue weighted by Crippen LogP contribution is 2.37. The van der Waals surface area contributed by atoms with Crippen molar-refractivity contribution >= 4 is 34.3 Å². The molecule has 0 aromatic heterocycles. The number of thiocarbonyl (C=S) groups is 1. The maximum Gasteiger partial charge on any atom is 0.382 e. The first-order valence-corrected chi connectivity index (χ1v) is 7.51. The summed E-state index contributed by atoms with van der Waals surface area (Å²) in [4.78, 5) is 11.4. The molecule has 0 aliphatic rings. The molecule has 0 saturated heterocycles. The Hall–Kier alpha value is -1.28. The van der Waals surface area contributed by atoms with Crippen LogP contribution in [0.1, 0.15) is 18.6 Å². The number of alkyl halides is 2. The fourth-order valence-corrected chi connectivity index (χ4v) is 1.76. The van der Waals surface area contributed by atoms with Crippen LogP contribution in [0.2, 0.25) is 0 Å². The Morgan fingerprint density at radius 1 is 1.38 bits per heavy atom. The van der Waals surface area contributed by atoms with E-state index in [9.17, 15) is 18.0 Å². The van der Waals surface area contributed by atoms with E-state index >= 15 is 0 Å². The van der Waals surface area contributed by atoms with Gasteiger partial charge in [0.2, 0.25) is 4.38 Å². The molecular weight excluding hydrogens is 325 g/mol. The second-order valence-corrected chi connectivity index (χ2v) is 5.26. The molecule has 116 valence electrons. The van der Waals surface area contributed by atoms with E-state index in [1.807, 2.05) is 0 Å². The zero-order valence-electron chi connectivity index (χ0n) is 11.3. The number of carbonyl (C=O) groups is 1. The first-order chi connectivity index (χ1) is 9.82. The van der Waals surface area contributed by atoms with Crippen molar-refractivity contribution in [1.29, 1.82) is 0 Å². The molecular formula is C13H13F3O3S2. The molecule has 3 nitrogen and oxygen atoms in total. The molecule has 0 spiro atoms. The highest BCUT2D eigenvalue weighted by atomic mass is 32.2. The maximum absolute atomic E-state index is 14.2. The van der Waals surface area contributed by atoms with Crippen molar-refractivity contribution in [2.45, 2.75) is 19.0 Å². The number of carbonyl (C=O) groups excluding carboxylic acids is 1. The van der Waals surface area contributed by atoms with E-state index in [4.69, 9.17) is 17.0 Å². The van der Waals surface area contributed by atoms with Gasteiger partial charge in [-0.1, -0.05) is 23.9 Å². The van der Waals surface area contributed by atoms with E-state index in [-0.39, 0.29) is 16.6 Å². The molecule has 1 unspecified atom stereocenters. The number of hydrogen-bond donors (Lipinski definition) is 0. The van der Waals surface area contributed by atoms with Crippen molar-refractivity contribution in [2.75, 3.05) is 12.9 Å². The number of thioether (sulfide) groups is 1. The normalized spacial score (nSPS) is 12.6. The molecule has 0 amide bonds. The van der Waals surface area contributed by atoms with Gasteiger partial charge in [0.05, 0.1) is 6.61 Å². The van der Waals surface area contributed by atoms with Crippen LogP contribution in [0.5, 0.6) is 0 Å². The molecule has 1 aromatic rings. The van der Waals surface area contributed by atoms with Gasteiger partial charge in [0.15, 0.2) is 6.10 Å². The Morgan fingerprint density at radius 3 is 2.43 bits per heavy atom. The van der Waals surface area contributed by atoms with Gasteiger partial charge < -0.3 is 9.47 Å². The van der Waals surface area contributed by atoms with Crippen molar-refractivity contribution in [3.05, 3.63) is 35.6 Å². The molecule has 1 atom stereocenters. The largest absolute Gasteiger partial charge is 0.463 e. The lowest BCUT2D eigenvalue weighted by Gasteiger charge is -2.26. The van der Waals surface area contributed by atoms with Crippen LogP contribution in [0, 0.1) is 5.82 Å². The first kappa shape index (κ1) is 17.8. The fourth-order valence-electron chi connectivity index (χ4n) is 1.47. The molecule has 0 bridgehead atoms. The minimum absolute atomic E-state index is 0.0779. The van der Waals surface area contributed by atoms with Gasteiger partial charge in [0.25, 0.3) is 0 Å². The lowest BCUT2D eigenvalue weighted by molar-refractivity contribution is -0.187. The summed E-state index contributed by atoms with van der Waals surface area (Å²) in [5, 5.41) is 0. The number of hydrogen-bond acceptors (Lipinski definition) is 5. The molecule has 0 heterocycles. The Bertz CT molecular complexity index is 506. The highest BCUT2D eigenvalue weighted by molar-refractivity contribution is 8.22. The van der Waals surface area contributed by atoms with Crippen molar-refractivity contribution in [1.82, 2.24) is 0 Å². The quantitative estimate of drug-likeness (QED) is 0.604. The molecule has 0 saturated carbocycles. The van der Waals surface area contributed by atoms with Gasteiger partial charge in [0.1, 0.15) is 5.82 Å². The van der Waals surface area contributed by atoms with Gasteiger partial charge in [-0.25, -0.2) is 9.18 Å². The SMILES string of the molecule is CCOC(=O)C(F)(F)C(OC(=S)SC)c1ccc(F)cc1. The van der Waals surface area contributed by atoms with E-state index < -0.39 is 23.8 Å². The predicted octanol–water partition coefficient (Wildman–Crippen LogP) is 3.73. The predicted molar refractivity (Wildman–Crippen MR) is 77.9 cm³/mol. The third kappa shape index (κ3) is 4.60. The van der Waals surface area contributed by atoms with Crippen LogP contribution in [0.15, 0.2) is 24.3 Å². The number of rotatable bonds is 5. The van der Waals surface area contributed by atoms with Crippen molar-refractivity contribution in [3.8, 4) is 0 Å². The van der Waals surface area contributed by atoms with Gasteiger partial charge in [-0.2, -0.15) is 8.78 Å². The zero-order valence-corrected chi connectivity index (χ0v) is 12.9. The van der Waals surface area contributed by atoms with E-state index in [1.165, 1.54) is 6.92 Å². The van der Waals surface area contributed by atoms with Gasteiger partial charge in [-0.15, -0.1) is 0 Å². The molecule has 0 N–H and O–H groups in total. The summed E-state index contributed by atoms with van der Waals surface area (Å²) in [6.07, 6.45) is -0.427. The summed E-state index contributed by atoms with van der Waals surface area (Å²) in [6.45, 7) is 1.21. The summed E-state index contributed by atoms with van der Waals surface area (Å²) in [7, 11) is 0. The third-order valence-electron chi connectivity index (χ3n) is 2.43. The Morgan fingerprint density at radius 2 is 1.95 bits per heavy atom. The standard InChI is InChI=1S/C13H13F3O3S2/c1-3-18-11(17)13(15,16)10(19-12(20)21-2)8-4-6-9(14)7-5-8/h4-7,10H,3H2,1-2H3. The summed E-state index contributed by atoms with van der Waals surface area (Å²) in [5.41, 5.74) is -0.0779. The minimum atomic E-state index is -3.95. The lowest BCUT2D eigenvalue weighted by atomic mass is 10.0. The molecule has 1 rings (SSSR count). The minimum Gasteiger partial charge on any atom is -0.463 e. The van der Waals surface area contributed by atoms with Crippen LogP contribution in [-0.2, 0) is 14.3 Å². The van der Waals surface area contributed by atoms with Crippen LogP contribution in [-0.4, -0.2) is 29.1 Å². The summed E-state index contributed by atoms with van der Waals surface area (Å²) < 4.78 is 50.5. The monoisotopic (exact) mass is 338 g/mol. The second-order valence-electron chi connectivity index (χ2n) is 3.85. The van der Waals surface area contributed by atoms with E-state index in [2.05, 4.69) is 4.74 Å². The Kier molecular flexibility index (Phi) is 6.47. The van der Waals surface area contributed by atoms with Crippen molar-refractivity contribution in [2.24, 2.45) is 0 Å². The lowest BCUT2D eigenvalue weighted by Crippen LogP contribution is -2.39. The fraction of sp³-hybridized carbons (Fsp3) is 0.385. The topological polar surface area (TPSA) is 35.5 Å².